The van der Waals surface area contributed by atoms with Crippen molar-refractivity contribution in [1.29, 1.82) is 0 Å². The fraction of sp³-hybridized carbons (Fsp3) is 0.643. The van der Waals surface area contributed by atoms with Crippen LogP contribution in [0.15, 0.2) is 11.6 Å². The third-order valence-electron chi connectivity index (χ3n) is 3.52. The van der Waals surface area contributed by atoms with Gasteiger partial charge in [-0.2, -0.15) is 0 Å². The van der Waals surface area contributed by atoms with Gasteiger partial charge in [-0.05, 0) is 19.8 Å². The van der Waals surface area contributed by atoms with Crippen molar-refractivity contribution in [2.24, 2.45) is 5.92 Å². The quantitative estimate of drug-likeness (QED) is 0.914. The highest BCUT2D eigenvalue weighted by molar-refractivity contribution is 7.09. The maximum Gasteiger partial charge on any atom is 0.248 e. The Morgan fingerprint density at radius 3 is 2.70 bits per heavy atom. The first-order valence-corrected chi connectivity index (χ1v) is 7.72. The monoisotopic (exact) mass is 295 g/mol. The summed E-state index contributed by atoms with van der Waals surface area (Å²) in [7, 11) is 0. The zero-order valence-corrected chi connectivity index (χ0v) is 13.2. The standard InChI is InChI=1S/C14H21N3O2S/c1-9(2)11-12(18)16-14(3,4)13(19)17(11)7-5-10-15-6-8-20-10/h6,8-9,11H,5,7H2,1-4H3,(H,16,18). The van der Waals surface area contributed by atoms with Crippen LogP contribution in [0.2, 0.25) is 0 Å². The summed E-state index contributed by atoms with van der Waals surface area (Å²) in [6.07, 6.45) is 2.45. The number of hydrogen-bond donors (Lipinski definition) is 1. The molecule has 0 radical (unpaired) electrons. The van der Waals surface area contributed by atoms with Gasteiger partial charge in [0.15, 0.2) is 0 Å². The zero-order chi connectivity index (χ0) is 14.9. The van der Waals surface area contributed by atoms with E-state index in [-0.39, 0.29) is 17.7 Å². The van der Waals surface area contributed by atoms with Crippen LogP contribution in [0.3, 0.4) is 0 Å². The molecule has 1 aliphatic heterocycles. The lowest BCUT2D eigenvalue weighted by Gasteiger charge is -2.44. The number of nitrogens with zero attached hydrogens (tertiary/aromatic N) is 2. The number of thiazole rings is 1. The van der Waals surface area contributed by atoms with E-state index < -0.39 is 11.6 Å². The molecule has 2 amide bonds. The predicted octanol–water partition coefficient (Wildman–Crippen LogP) is 1.45. The van der Waals surface area contributed by atoms with Gasteiger partial charge < -0.3 is 10.2 Å². The topological polar surface area (TPSA) is 62.3 Å². The summed E-state index contributed by atoms with van der Waals surface area (Å²) < 4.78 is 0. The van der Waals surface area contributed by atoms with Crippen LogP contribution < -0.4 is 5.32 Å². The smallest absolute Gasteiger partial charge is 0.248 e. The van der Waals surface area contributed by atoms with Crippen LogP contribution in [0, 0.1) is 5.92 Å². The number of amides is 2. The van der Waals surface area contributed by atoms with Crippen LogP contribution >= 0.6 is 11.3 Å². The molecule has 1 aromatic rings. The highest BCUT2D eigenvalue weighted by atomic mass is 32.1. The second kappa shape index (κ2) is 5.52. The average molecular weight is 295 g/mol. The van der Waals surface area contributed by atoms with E-state index >= 15 is 0 Å². The van der Waals surface area contributed by atoms with Gasteiger partial charge in [-0.25, -0.2) is 4.98 Å². The number of aromatic nitrogens is 1. The highest BCUT2D eigenvalue weighted by Gasteiger charge is 2.45. The summed E-state index contributed by atoms with van der Waals surface area (Å²) in [5.41, 5.74) is -0.828. The van der Waals surface area contributed by atoms with Gasteiger partial charge in [-0.3, -0.25) is 9.59 Å². The van der Waals surface area contributed by atoms with Crippen molar-refractivity contribution in [2.45, 2.75) is 45.7 Å². The minimum Gasteiger partial charge on any atom is -0.340 e. The van der Waals surface area contributed by atoms with Gasteiger partial charge in [0.25, 0.3) is 0 Å². The van der Waals surface area contributed by atoms with E-state index in [1.807, 2.05) is 19.2 Å². The molecular formula is C14H21N3O2S. The van der Waals surface area contributed by atoms with Crippen molar-refractivity contribution in [3.05, 3.63) is 16.6 Å². The van der Waals surface area contributed by atoms with Gasteiger partial charge >= 0.3 is 0 Å². The molecule has 2 rings (SSSR count). The minimum absolute atomic E-state index is 0.0210. The van der Waals surface area contributed by atoms with Crippen molar-refractivity contribution in [2.75, 3.05) is 6.54 Å². The predicted molar refractivity (Wildman–Crippen MR) is 78.4 cm³/mol. The van der Waals surface area contributed by atoms with Crippen molar-refractivity contribution in [3.63, 3.8) is 0 Å². The zero-order valence-electron chi connectivity index (χ0n) is 12.3. The Hall–Kier alpha value is -1.43. The highest BCUT2D eigenvalue weighted by Crippen LogP contribution is 2.23. The number of nitrogens with one attached hydrogen (secondary N) is 1. The lowest BCUT2D eigenvalue weighted by molar-refractivity contribution is -0.155. The van der Waals surface area contributed by atoms with Crippen molar-refractivity contribution in [3.8, 4) is 0 Å². The van der Waals surface area contributed by atoms with Gasteiger partial charge in [0.05, 0.1) is 5.01 Å². The van der Waals surface area contributed by atoms with Crippen molar-refractivity contribution >= 4 is 23.2 Å². The summed E-state index contributed by atoms with van der Waals surface area (Å²) in [5, 5.41) is 5.73. The molecule has 0 saturated carbocycles. The van der Waals surface area contributed by atoms with E-state index in [1.165, 1.54) is 0 Å². The molecular weight excluding hydrogens is 274 g/mol. The molecule has 5 nitrogen and oxygen atoms in total. The molecule has 2 heterocycles. The van der Waals surface area contributed by atoms with Gasteiger partial charge in [0.1, 0.15) is 11.6 Å². The van der Waals surface area contributed by atoms with E-state index in [4.69, 9.17) is 0 Å². The first kappa shape index (κ1) is 15.0. The largest absolute Gasteiger partial charge is 0.340 e. The van der Waals surface area contributed by atoms with Crippen molar-refractivity contribution < 1.29 is 9.59 Å². The van der Waals surface area contributed by atoms with E-state index in [9.17, 15) is 9.59 Å². The molecule has 20 heavy (non-hydrogen) atoms. The van der Waals surface area contributed by atoms with Gasteiger partial charge in [-0.1, -0.05) is 13.8 Å². The maximum atomic E-state index is 12.6. The lowest BCUT2D eigenvalue weighted by Crippen LogP contribution is -2.69. The number of hydrogen-bond acceptors (Lipinski definition) is 4. The van der Waals surface area contributed by atoms with Gasteiger partial charge in [-0.15, -0.1) is 11.3 Å². The number of piperazine rings is 1. The van der Waals surface area contributed by atoms with E-state index in [2.05, 4.69) is 10.3 Å². The Balaban J connectivity index is 2.18. The number of carbonyl (C=O) groups excluding carboxylic acids is 2. The van der Waals surface area contributed by atoms with E-state index in [0.29, 0.717) is 13.0 Å². The third kappa shape index (κ3) is 2.85. The maximum absolute atomic E-state index is 12.6. The Kier molecular flexibility index (Phi) is 4.13. The fourth-order valence-corrected chi connectivity index (χ4v) is 3.17. The molecule has 1 saturated heterocycles. The minimum atomic E-state index is -0.828. The first-order valence-electron chi connectivity index (χ1n) is 6.84. The summed E-state index contributed by atoms with van der Waals surface area (Å²) in [4.78, 5) is 30.8. The fourth-order valence-electron chi connectivity index (χ4n) is 2.56. The summed E-state index contributed by atoms with van der Waals surface area (Å²) in [6, 6.07) is -0.393. The van der Waals surface area contributed by atoms with E-state index in [1.54, 1.807) is 36.3 Å². The van der Waals surface area contributed by atoms with Crippen LogP contribution in [-0.4, -0.2) is 39.8 Å². The molecule has 0 bridgehead atoms. The molecule has 6 heteroatoms. The summed E-state index contributed by atoms with van der Waals surface area (Å²) >= 11 is 1.57. The Bertz CT molecular complexity index is 497. The van der Waals surface area contributed by atoms with Crippen molar-refractivity contribution in [1.82, 2.24) is 15.2 Å². The molecule has 1 fully saturated rings. The Labute approximate surface area is 123 Å². The van der Waals surface area contributed by atoms with Gasteiger partial charge in [0.2, 0.25) is 11.8 Å². The second-order valence-electron chi connectivity index (χ2n) is 5.98. The Morgan fingerprint density at radius 2 is 2.15 bits per heavy atom. The van der Waals surface area contributed by atoms with Crippen LogP contribution in [0.25, 0.3) is 0 Å². The molecule has 0 spiro atoms. The third-order valence-corrected chi connectivity index (χ3v) is 4.36. The van der Waals surface area contributed by atoms with Gasteiger partial charge in [0, 0.05) is 24.5 Å². The van der Waals surface area contributed by atoms with Crippen LogP contribution in [0.5, 0.6) is 0 Å². The van der Waals surface area contributed by atoms with Crippen LogP contribution in [0.4, 0.5) is 0 Å². The molecule has 1 aromatic heterocycles. The normalized spacial score (nSPS) is 22.2. The molecule has 110 valence electrons. The number of carbonyl (C=O) groups is 2. The molecule has 1 aliphatic rings. The average Bonchev–Trinajstić information content (AvgIpc) is 2.83. The number of rotatable bonds is 4. The molecule has 0 aliphatic carbocycles. The Morgan fingerprint density at radius 1 is 1.45 bits per heavy atom. The molecule has 1 unspecified atom stereocenters. The summed E-state index contributed by atoms with van der Waals surface area (Å²) in [6.45, 7) is 7.96. The first-order chi connectivity index (χ1) is 9.33. The molecule has 1 N–H and O–H groups in total. The second-order valence-corrected chi connectivity index (χ2v) is 6.96. The molecule has 0 aromatic carbocycles. The summed E-state index contributed by atoms with van der Waals surface area (Å²) in [5.74, 6) is 0.00226. The molecule has 1 atom stereocenters. The van der Waals surface area contributed by atoms with Crippen LogP contribution in [-0.2, 0) is 16.0 Å². The lowest BCUT2D eigenvalue weighted by atomic mass is 9.91. The van der Waals surface area contributed by atoms with E-state index in [0.717, 1.165) is 5.01 Å². The SMILES string of the molecule is CC(C)C1C(=O)NC(C)(C)C(=O)N1CCc1nccs1. The van der Waals surface area contributed by atoms with Crippen LogP contribution in [0.1, 0.15) is 32.7 Å².